The van der Waals surface area contributed by atoms with E-state index in [1.165, 1.54) is 0 Å². The fraction of sp³-hybridized carbons (Fsp3) is 0.385. The van der Waals surface area contributed by atoms with E-state index in [1.54, 1.807) is 6.07 Å². The van der Waals surface area contributed by atoms with Gasteiger partial charge in [0.05, 0.1) is 23.2 Å². The van der Waals surface area contributed by atoms with Gasteiger partial charge in [0.2, 0.25) is 5.95 Å². The van der Waals surface area contributed by atoms with Crippen LogP contribution < -0.4 is 5.73 Å². The summed E-state index contributed by atoms with van der Waals surface area (Å²) >= 11 is 0. The minimum Gasteiger partial charge on any atom is -0.379 e. The summed E-state index contributed by atoms with van der Waals surface area (Å²) in [4.78, 5) is 4.34. The Labute approximate surface area is 105 Å². The average Bonchev–Trinajstić information content (AvgIpc) is 2.92. The van der Waals surface area contributed by atoms with E-state index in [-0.39, 0.29) is 5.54 Å². The molecule has 1 atom stereocenters. The van der Waals surface area contributed by atoms with Gasteiger partial charge in [0.15, 0.2) is 0 Å². The Bertz CT molecular complexity index is 647. The zero-order valence-electron chi connectivity index (χ0n) is 10.2. The second-order valence-corrected chi connectivity index (χ2v) is 4.89. The van der Waals surface area contributed by atoms with E-state index in [2.05, 4.69) is 18.0 Å². The monoisotopic (exact) mass is 242 g/mol. The molecule has 1 aromatic carbocycles. The highest BCUT2D eigenvalue weighted by molar-refractivity contribution is 5.84. The molecule has 2 N–H and O–H groups in total. The number of benzene rings is 1. The van der Waals surface area contributed by atoms with Crippen LogP contribution in [0.15, 0.2) is 18.2 Å². The van der Waals surface area contributed by atoms with E-state index < -0.39 is 0 Å². The molecule has 92 valence electrons. The number of nitrogens with two attached hydrogens (primary N) is 1. The van der Waals surface area contributed by atoms with Crippen molar-refractivity contribution in [2.24, 2.45) is 0 Å². The first-order valence-electron chi connectivity index (χ1n) is 5.91. The normalized spacial score (nSPS) is 23.3. The lowest BCUT2D eigenvalue weighted by atomic mass is 10.0. The predicted octanol–water partition coefficient (Wildman–Crippen LogP) is 1.63. The summed E-state index contributed by atoms with van der Waals surface area (Å²) in [5.41, 5.74) is 7.99. The third kappa shape index (κ3) is 1.39. The molecule has 1 aromatic heterocycles. The van der Waals surface area contributed by atoms with Gasteiger partial charge in [0.1, 0.15) is 11.6 Å². The smallest absolute Gasteiger partial charge is 0.201 e. The van der Waals surface area contributed by atoms with Crippen molar-refractivity contribution < 1.29 is 4.74 Å². The van der Waals surface area contributed by atoms with Crippen LogP contribution in [-0.4, -0.2) is 22.8 Å². The molecular formula is C13H14N4O. The van der Waals surface area contributed by atoms with Crippen molar-refractivity contribution in [1.29, 1.82) is 5.26 Å². The first-order valence-corrected chi connectivity index (χ1v) is 5.91. The minimum absolute atomic E-state index is 0.174. The first-order chi connectivity index (χ1) is 8.65. The van der Waals surface area contributed by atoms with Crippen molar-refractivity contribution in [3.63, 3.8) is 0 Å². The Kier molecular flexibility index (Phi) is 2.28. The molecule has 18 heavy (non-hydrogen) atoms. The lowest BCUT2D eigenvalue weighted by Crippen LogP contribution is -2.31. The van der Waals surface area contributed by atoms with E-state index in [0.29, 0.717) is 23.6 Å². The lowest BCUT2D eigenvalue weighted by Gasteiger charge is -2.25. The number of imidazole rings is 1. The maximum Gasteiger partial charge on any atom is 0.201 e. The fourth-order valence-electron chi connectivity index (χ4n) is 2.61. The Hall–Kier alpha value is -2.06. The number of nitrogens with zero attached hydrogens (tertiary/aromatic N) is 3. The molecule has 0 radical (unpaired) electrons. The molecular weight excluding hydrogens is 228 g/mol. The molecule has 1 saturated heterocycles. The molecule has 1 aliphatic rings. The van der Waals surface area contributed by atoms with Gasteiger partial charge in [0, 0.05) is 6.61 Å². The van der Waals surface area contributed by atoms with E-state index in [1.807, 2.05) is 16.7 Å². The number of aromatic nitrogens is 2. The summed E-state index contributed by atoms with van der Waals surface area (Å²) in [5.74, 6) is 0.445. The van der Waals surface area contributed by atoms with Crippen molar-refractivity contribution in [3.05, 3.63) is 23.8 Å². The standard InChI is InChI=1S/C13H14N4O/c1-13(5-6-18-8-13)17-10-4-2-3-9(7-14)11(10)16-12(17)15/h2-4H,5-6,8H2,1H3,(H2,15,16). The van der Waals surface area contributed by atoms with Crippen LogP contribution in [-0.2, 0) is 10.3 Å². The number of fused-ring (bicyclic) bond motifs is 1. The van der Waals surface area contributed by atoms with Crippen molar-refractivity contribution in [2.75, 3.05) is 18.9 Å². The highest BCUT2D eigenvalue weighted by atomic mass is 16.5. The summed E-state index contributed by atoms with van der Waals surface area (Å²) in [6.45, 7) is 3.46. The highest BCUT2D eigenvalue weighted by Gasteiger charge is 2.34. The molecule has 5 heteroatoms. The molecule has 0 amide bonds. The van der Waals surface area contributed by atoms with Crippen molar-refractivity contribution in [3.8, 4) is 6.07 Å². The number of rotatable bonds is 1. The van der Waals surface area contributed by atoms with Gasteiger partial charge in [-0.1, -0.05) is 6.07 Å². The van der Waals surface area contributed by atoms with Crippen LogP contribution >= 0.6 is 0 Å². The van der Waals surface area contributed by atoms with Gasteiger partial charge in [-0.05, 0) is 25.5 Å². The van der Waals surface area contributed by atoms with Gasteiger partial charge in [0.25, 0.3) is 0 Å². The van der Waals surface area contributed by atoms with Crippen molar-refractivity contribution in [2.45, 2.75) is 18.9 Å². The zero-order valence-corrected chi connectivity index (χ0v) is 10.2. The molecule has 1 unspecified atom stereocenters. The van der Waals surface area contributed by atoms with Gasteiger partial charge in [-0.2, -0.15) is 5.26 Å². The maximum atomic E-state index is 9.10. The second kappa shape index (κ2) is 3.72. The van der Waals surface area contributed by atoms with Crippen LogP contribution in [0.25, 0.3) is 11.0 Å². The molecule has 0 spiro atoms. The van der Waals surface area contributed by atoms with Crippen LogP contribution in [0, 0.1) is 11.3 Å². The van der Waals surface area contributed by atoms with Gasteiger partial charge < -0.3 is 15.0 Å². The Balaban J connectivity index is 2.30. The molecule has 1 aliphatic heterocycles. The summed E-state index contributed by atoms with van der Waals surface area (Å²) in [6.07, 6.45) is 0.902. The molecule has 3 rings (SSSR count). The number of anilines is 1. The summed E-state index contributed by atoms with van der Waals surface area (Å²) in [7, 11) is 0. The van der Waals surface area contributed by atoms with Gasteiger partial charge in [-0.25, -0.2) is 4.98 Å². The van der Waals surface area contributed by atoms with Gasteiger partial charge >= 0.3 is 0 Å². The highest BCUT2D eigenvalue weighted by Crippen LogP contribution is 2.34. The predicted molar refractivity (Wildman–Crippen MR) is 67.9 cm³/mol. The summed E-state index contributed by atoms with van der Waals surface area (Å²) in [5, 5.41) is 9.10. The Morgan fingerprint density at radius 2 is 2.39 bits per heavy atom. The van der Waals surface area contributed by atoms with Crippen molar-refractivity contribution >= 4 is 17.0 Å². The molecule has 2 aromatic rings. The Morgan fingerprint density at radius 1 is 1.56 bits per heavy atom. The fourth-order valence-corrected chi connectivity index (χ4v) is 2.61. The van der Waals surface area contributed by atoms with Gasteiger partial charge in [-0.15, -0.1) is 0 Å². The molecule has 1 fully saturated rings. The number of nitrogen functional groups attached to an aromatic ring is 1. The van der Waals surface area contributed by atoms with Gasteiger partial charge in [-0.3, -0.25) is 0 Å². The Morgan fingerprint density at radius 3 is 3.06 bits per heavy atom. The molecule has 0 aliphatic carbocycles. The maximum absolute atomic E-state index is 9.10. The zero-order chi connectivity index (χ0) is 12.8. The molecule has 5 nitrogen and oxygen atoms in total. The molecule has 0 bridgehead atoms. The van der Waals surface area contributed by atoms with Crippen LogP contribution in [0.5, 0.6) is 0 Å². The number of hydrogen-bond acceptors (Lipinski definition) is 4. The molecule has 2 heterocycles. The number of para-hydroxylation sites is 1. The van der Waals surface area contributed by atoms with E-state index >= 15 is 0 Å². The van der Waals surface area contributed by atoms with Crippen LogP contribution in [0.4, 0.5) is 5.95 Å². The average molecular weight is 242 g/mol. The van der Waals surface area contributed by atoms with Crippen molar-refractivity contribution in [1.82, 2.24) is 9.55 Å². The molecule has 0 saturated carbocycles. The number of ether oxygens (including phenoxy) is 1. The quantitative estimate of drug-likeness (QED) is 0.824. The lowest BCUT2D eigenvalue weighted by molar-refractivity contribution is 0.164. The van der Waals surface area contributed by atoms with Crippen LogP contribution in [0.2, 0.25) is 0 Å². The van der Waals surface area contributed by atoms with Crippen LogP contribution in [0.1, 0.15) is 18.9 Å². The number of hydrogen-bond donors (Lipinski definition) is 1. The van der Waals surface area contributed by atoms with E-state index in [4.69, 9.17) is 15.7 Å². The largest absolute Gasteiger partial charge is 0.379 e. The second-order valence-electron chi connectivity index (χ2n) is 4.89. The summed E-state index contributed by atoms with van der Waals surface area (Å²) in [6, 6.07) is 7.71. The topological polar surface area (TPSA) is 76.9 Å². The van der Waals surface area contributed by atoms with Crippen LogP contribution in [0.3, 0.4) is 0 Å². The third-order valence-corrected chi connectivity index (χ3v) is 3.57. The summed E-state index contributed by atoms with van der Waals surface area (Å²) < 4.78 is 7.47. The first kappa shape index (κ1) is 11.1. The van der Waals surface area contributed by atoms with E-state index in [0.717, 1.165) is 18.5 Å². The van der Waals surface area contributed by atoms with E-state index in [9.17, 15) is 0 Å². The minimum atomic E-state index is -0.174. The number of nitriles is 1. The SMILES string of the molecule is CC1(n2c(N)nc3c(C#N)cccc32)CCOC1. The third-order valence-electron chi connectivity index (χ3n) is 3.57.